The standard InChI is InChI=1S/C15H17N3O/c1-10-6-4-5-7-13(10)8-16-15(19)14-11(2)17-9-18-12(14)3/h4-7,9H,8H2,1-3H3,(H,16,19). The van der Waals surface area contributed by atoms with Crippen LogP contribution in [0, 0.1) is 20.8 Å². The lowest BCUT2D eigenvalue weighted by atomic mass is 10.1. The molecule has 0 spiro atoms. The molecule has 0 unspecified atom stereocenters. The van der Waals surface area contributed by atoms with Crippen molar-refractivity contribution in [2.24, 2.45) is 0 Å². The van der Waals surface area contributed by atoms with Crippen molar-refractivity contribution in [3.63, 3.8) is 0 Å². The third kappa shape index (κ3) is 2.96. The molecule has 0 aliphatic heterocycles. The number of aryl methyl sites for hydroxylation is 3. The predicted octanol–water partition coefficient (Wildman–Crippen LogP) is 2.33. The molecule has 1 heterocycles. The molecule has 0 bridgehead atoms. The average molecular weight is 255 g/mol. The van der Waals surface area contributed by atoms with E-state index in [9.17, 15) is 4.79 Å². The number of aromatic nitrogens is 2. The molecule has 2 aromatic rings. The first-order valence-electron chi connectivity index (χ1n) is 6.20. The average Bonchev–Trinajstić information content (AvgIpc) is 2.37. The topological polar surface area (TPSA) is 54.9 Å². The fraction of sp³-hybridized carbons (Fsp3) is 0.267. The van der Waals surface area contributed by atoms with Gasteiger partial charge in [0.1, 0.15) is 6.33 Å². The highest BCUT2D eigenvalue weighted by Crippen LogP contribution is 2.10. The highest BCUT2D eigenvalue weighted by Gasteiger charge is 2.13. The molecule has 0 saturated heterocycles. The molecule has 1 amide bonds. The van der Waals surface area contributed by atoms with Crippen molar-refractivity contribution in [3.8, 4) is 0 Å². The van der Waals surface area contributed by atoms with Crippen LogP contribution in [0.1, 0.15) is 32.9 Å². The summed E-state index contributed by atoms with van der Waals surface area (Å²) in [5.74, 6) is -0.126. The maximum atomic E-state index is 12.2. The Morgan fingerprint density at radius 2 is 1.74 bits per heavy atom. The number of amides is 1. The van der Waals surface area contributed by atoms with Gasteiger partial charge in [0.15, 0.2) is 0 Å². The van der Waals surface area contributed by atoms with E-state index in [1.165, 1.54) is 11.9 Å². The van der Waals surface area contributed by atoms with Gasteiger partial charge in [-0.15, -0.1) is 0 Å². The zero-order valence-electron chi connectivity index (χ0n) is 11.4. The Bertz CT molecular complexity index is 588. The van der Waals surface area contributed by atoms with Crippen molar-refractivity contribution in [1.82, 2.24) is 15.3 Å². The largest absolute Gasteiger partial charge is 0.348 e. The smallest absolute Gasteiger partial charge is 0.255 e. The van der Waals surface area contributed by atoms with Crippen molar-refractivity contribution in [3.05, 3.63) is 58.7 Å². The summed E-state index contributed by atoms with van der Waals surface area (Å²) >= 11 is 0. The molecule has 0 fully saturated rings. The van der Waals surface area contributed by atoms with Crippen molar-refractivity contribution >= 4 is 5.91 Å². The lowest BCUT2D eigenvalue weighted by Gasteiger charge is -2.10. The second-order valence-corrected chi connectivity index (χ2v) is 4.53. The van der Waals surface area contributed by atoms with Gasteiger partial charge in [0.25, 0.3) is 5.91 Å². The molecule has 0 aliphatic rings. The molecule has 19 heavy (non-hydrogen) atoms. The van der Waals surface area contributed by atoms with Crippen molar-refractivity contribution in [1.29, 1.82) is 0 Å². The monoisotopic (exact) mass is 255 g/mol. The molecule has 0 atom stereocenters. The van der Waals surface area contributed by atoms with Crippen molar-refractivity contribution in [2.45, 2.75) is 27.3 Å². The number of hydrogen-bond acceptors (Lipinski definition) is 3. The minimum absolute atomic E-state index is 0.126. The van der Waals surface area contributed by atoms with Gasteiger partial charge >= 0.3 is 0 Å². The second-order valence-electron chi connectivity index (χ2n) is 4.53. The summed E-state index contributed by atoms with van der Waals surface area (Å²) in [4.78, 5) is 20.3. The van der Waals surface area contributed by atoms with E-state index in [4.69, 9.17) is 0 Å². The van der Waals surface area contributed by atoms with Crippen LogP contribution in [0.3, 0.4) is 0 Å². The maximum Gasteiger partial charge on any atom is 0.255 e. The molecular formula is C15H17N3O. The Morgan fingerprint density at radius 1 is 1.11 bits per heavy atom. The SMILES string of the molecule is Cc1ccccc1CNC(=O)c1c(C)ncnc1C. The number of nitrogens with one attached hydrogen (secondary N) is 1. The van der Waals surface area contributed by atoms with Crippen LogP contribution in [0.2, 0.25) is 0 Å². The molecule has 4 nitrogen and oxygen atoms in total. The quantitative estimate of drug-likeness (QED) is 0.915. The number of benzene rings is 1. The fourth-order valence-corrected chi connectivity index (χ4v) is 1.99. The molecule has 1 aromatic carbocycles. The van der Waals surface area contributed by atoms with Gasteiger partial charge < -0.3 is 5.32 Å². The van der Waals surface area contributed by atoms with E-state index in [2.05, 4.69) is 15.3 Å². The van der Waals surface area contributed by atoms with E-state index in [0.717, 1.165) is 5.56 Å². The summed E-state index contributed by atoms with van der Waals surface area (Å²) in [6, 6.07) is 8.00. The van der Waals surface area contributed by atoms with Crippen LogP contribution >= 0.6 is 0 Å². The minimum atomic E-state index is -0.126. The van der Waals surface area contributed by atoms with Crippen molar-refractivity contribution in [2.75, 3.05) is 0 Å². The highest BCUT2D eigenvalue weighted by molar-refractivity contribution is 5.96. The maximum absolute atomic E-state index is 12.2. The number of nitrogens with zero attached hydrogens (tertiary/aromatic N) is 2. The fourth-order valence-electron chi connectivity index (χ4n) is 1.99. The molecular weight excluding hydrogens is 238 g/mol. The molecule has 1 N–H and O–H groups in total. The van der Waals surface area contributed by atoms with E-state index in [0.29, 0.717) is 23.5 Å². The van der Waals surface area contributed by atoms with E-state index in [1.807, 2.05) is 45.0 Å². The zero-order chi connectivity index (χ0) is 13.8. The predicted molar refractivity (Wildman–Crippen MR) is 73.9 cm³/mol. The molecule has 1 aromatic heterocycles. The van der Waals surface area contributed by atoms with Gasteiger partial charge in [-0.05, 0) is 31.9 Å². The van der Waals surface area contributed by atoms with Crippen LogP contribution in [-0.2, 0) is 6.54 Å². The Labute approximate surface area is 112 Å². The molecule has 0 saturated carbocycles. The lowest BCUT2D eigenvalue weighted by molar-refractivity contribution is 0.0948. The molecule has 4 heteroatoms. The molecule has 0 aliphatic carbocycles. The number of carbonyl (C=O) groups excluding carboxylic acids is 1. The first kappa shape index (κ1) is 13.2. The van der Waals surface area contributed by atoms with Gasteiger partial charge in [0.2, 0.25) is 0 Å². The summed E-state index contributed by atoms with van der Waals surface area (Å²) in [6.45, 7) is 6.18. The van der Waals surface area contributed by atoms with Crippen LogP contribution in [0.5, 0.6) is 0 Å². The van der Waals surface area contributed by atoms with Crippen LogP contribution < -0.4 is 5.32 Å². The Morgan fingerprint density at radius 3 is 2.37 bits per heavy atom. The lowest BCUT2D eigenvalue weighted by Crippen LogP contribution is -2.25. The van der Waals surface area contributed by atoms with Crippen LogP contribution in [0.4, 0.5) is 0 Å². The third-order valence-corrected chi connectivity index (χ3v) is 3.15. The Balaban J connectivity index is 2.13. The molecule has 98 valence electrons. The van der Waals surface area contributed by atoms with E-state index in [1.54, 1.807) is 0 Å². The van der Waals surface area contributed by atoms with E-state index in [-0.39, 0.29) is 5.91 Å². The van der Waals surface area contributed by atoms with Crippen molar-refractivity contribution < 1.29 is 4.79 Å². The summed E-state index contributed by atoms with van der Waals surface area (Å²) in [6.07, 6.45) is 1.47. The number of carbonyl (C=O) groups is 1. The van der Waals surface area contributed by atoms with Crippen LogP contribution in [-0.4, -0.2) is 15.9 Å². The van der Waals surface area contributed by atoms with E-state index >= 15 is 0 Å². The second kappa shape index (κ2) is 5.61. The molecule has 0 radical (unpaired) electrons. The van der Waals surface area contributed by atoms with Gasteiger partial charge in [-0.2, -0.15) is 0 Å². The minimum Gasteiger partial charge on any atom is -0.348 e. The first-order chi connectivity index (χ1) is 9.09. The van der Waals surface area contributed by atoms with E-state index < -0.39 is 0 Å². The Kier molecular flexibility index (Phi) is 3.90. The highest BCUT2D eigenvalue weighted by atomic mass is 16.1. The number of hydrogen-bond donors (Lipinski definition) is 1. The van der Waals surface area contributed by atoms with Gasteiger partial charge in [-0.1, -0.05) is 24.3 Å². The Hall–Kier alpha value is -2.23. The molecule has 2 rings (SSSR count). The van der Waals surface area contributed by atoms with Gasteiger partial charge in [0.05, 0.1) is 17.0 Å². The number of rotatable bonds is 3. The third-order valence-electron chi connectivity index (χ3n) is 3.15. The summed E-state index contributed by atoms with van der Waals surface area (Å²) in [5, 5.41) is 2.92. The summed E-state index contributed by atoms with van der Waals surface area (Å²) < 4.78 is 0. The van der Waals surface area contributed by atoms with Gasteiger partial charge in [-0.25, -0.2) is 9.97 Å². The van der Waals surface area contributed by atoms with Crippen LogP contribution in [0.15, 0.2) is 30.6 Å². The first-order valence-corrected chi connectivity index (χ1v) is 6.20. The van der Waals surface area contributed by atoms with Gasteiger partial charge in [-0.3, -0.25) is 4.79 Å². The van der Waals surface area contributed by atoms with Crippen LogP contribution in [0.25, 0.3) is 0 Å². The normalized spacial score (nSPS) is 10.3. The zero-order valence-corrected chi connectivity index (χ0v) is 11.4. The summed E-state index contributed by atoms with van der Waals surface area (Å²) in [5.41, 5.74) is 4.25. The summed E-state index contributed by atoms with van der Waals surface area (Å²) in [7, 11) is 0. The van der Waals surface area contributed by atoms with Gasteiger partial charge in [0, 0.05) is 6.54 Å².